The Morgan fingerprint density at radius 1 is 1.39 bits per heavy atom. The lowest BCUT2D eigenvalue weighted by molar-refractivity contribution is -0.384. The normalized spacial score (nSPS) is 16.2. The number of rotatable bonds is 3. The van der Waals surface area contributed by atoms with E-state index in [1.54, 1.807) is 6.07 Å². The molecule has 18 heavy (non-hydrogen) atoms. The van der Waals surface area contributed by atoms with Crippen molar-refractivity contribution in [2.45, 2.75) is 31.7 Å². The number of hydrogen-bond acceptors (Lipinski definition) is 5. The molecule has 1 aliphatic rings. The van der Waals surface area contributed by atoms with Crippen LogP contribution in [0.3, 0.4) is 0 Å². The Morgan fingerprint density at radius 2 is 2.17 bits per heavy atom. The van der Waals surface area contributed by atoms with Crippen LogP contribution in [0.1, 0.15) is 25.7 Å². The highest BCUT2D eigenvalue weighted by Gasteiger charge is 2.18. The molecule has 0 bridgehead atoms. The van der Waals surface area contributed by atoms with Crippen molar-refractivity contribution < 1.29 is 9.34 Å². The van der Waals surface area contributed by atoms with Crippen LogP contribution in [0.25, 0.3) is 11.1 Å². The first kappa shape index (κ1) is 11.0. The van der Waals surface area contributed by atoms with Crippen molar-refractivity contribution in [3.63, 3.8) is 0 Å². The number of oxazole rings is 1. The van der Waals surface area contributed by atoms with Crippen LogP contribution in [-0.4, -0.2) is 15.9 Å². The fraction of sp³-hybridized carbons (Fsp3) is 0.417. The molecule has 0 atom stereocenters. The number of benzene rings is 1. The van der Waals surface area contributed by atoms with Crippen molar-refractivity contribution >= 4 is 22.8 Å². The van der Waals surface area contributed by atoms with E-state index in [0.717, 1.165) is 12.8 Å². The average Bonchev–Trinajstić information content (AvgIpc) is 2.96. The lowest BCUT2D eigenvalue weighted by Gasteiger charge is -2.07. The zero-order valence-corrected chi connectivity index (χ0v) is 9.76. The summed E-state index contributed by atoms with van der Waals surface area (Å²) in [6.07, 6.45) is 4.70. The van der Waals surface area contributed by atoms with Crippen LogP contribution in [0.2, 0.25) is 0 Å². The molecule has 1 fully saturated rings. The molecule has 0 saturated heterocycles. The van der Waals surface area contributed by atoms with Gasteiger partial charge >= 0.3 is 0 Å². The van der Waals surface area contributed by atoms with Gasteiger partial charge in [-0.2, -0.15) is 4.98 Å². The third kappa shape index (κ3) is 2.01. The average molecular weight is 247 g/mol. The molecule has 6 nitrogen and oxygen atoms in total. The molecule has 1 N–H and O–H groups in total. The first-order valence-corrected chi connectivity index (χ1v) is 6.04. The van der Waals surface area contributed by atoms with Gasteiger partial charge in [0.2, 0.25) is 0 Å². The number of fused-ring (bicyclic) bond motifs is 1. The molecule has 94 valence electrons. The smallest absolute Gasteiger partial charge is 0.295 e. The van der Waals surface area contributed by atoms with E-state index < -0.39 is 4.92 Å². The molecular weight excluding hydrogens is 234 g/mol. The largest absolute Gasteiger partial charge is 0.424 e. The summed E-state index contributed by atoms with van der Waals surface area (Å²) in [7, 11) is 0. The van der Waals surface area contributed by atoms with Gasteiger partial charge in [-0.1, -0.05) is 12.8 Å². The fourth-order valence-corrected chi connectivity index (χ4v) is 2.34. The minimum Gasteiger partial charge on any atom is -0.424 e. The highest BCUT2D eigenvalue weighted by Crippen LogP contribution is 2.26. The summed E-state index contributed by atoms with van der Waals surface area (Å²) in [6.45, 7) is 0. The van der Waals surface area contributed by atoms with E-state index in [4.69, 9.17) is 4.42 Å². The lowest BCUT2D eigenvalue weighted by Crippen LogP contribution is -2.14. The Hall–Kier alpha value is -2.11. The quantitative estimate of drug-likeness (QED) is 0.665. The summed E-state index contributed by atoms with van der Waals surface area (Å²) < 4.78 is 5.52. The molecular formula is C12H13N3O3. The van der Waals surface area contributed by atoms with Crippen molar-refractivity contribution in [1.82, 2.24) is 4.98 Å². The first-order valence-electron chi connectivity index (χ1n) is 6.04. The summed E-state index contributed by atoms with van der Waals surface area (Å²) in [5.74, 6) is 0. The number of nitrogens with one attached hydrogen (secondary N) is 1. The van der Waals surface area contributed by atoms with Gasteiger partial charge in [-0.05, 0) is 18.9 Å². The Morgan fingerprint density at radius 3 is 2.89 bits per heavy atom. The zero-order chi connectivity index (χ0) is 12.5. The SMILES string of the molecule is O=[N+]([O-])c1ccc2oc(NC3CCCC3)nc2c1. The molecule has 2 aromatic rings. The predicted octanol–water partition coefficient (Wildman–Crippen LogP) is 3.09. The van der Waals surface area contributed by atoms with Crippen molar-refractivity contribution in [3.05, 3.63) is 28.3 Å². The molecule has 1 aromatic heterocycles. The maximum Gasteiger partial charge on any atom is 0.295 e. The Balaban J connectivity index is 1.87. The molecule has 0 aliphatic heterocycles. The second-order valence-electron chi connectivity index (χ2n) is 4.55. The van der Waals surface area contributed by atoms with Gasteiger partial charge in [0.15, 0.2) is 5.58 Å². The van der Waals surface area contributed by atoms with Crippen LogP contribution in [0.15, 0.2) is 22.6 Å². The summed E-state index contributed by atoms with van der Waals surface area (Å²) in [5.41, 5.74) is 1.12. The van der Waals surface area contributed by atoms with Gasteiger partial charge in [-0.3, -0.25) is 10.1 Å². The van der Waals surface area contributed by atoms with Gasteiger partial charge in [0.25, 0.3) is 11.7 Å². The molecule has 1 aromatic carbocycles. The van der Waals surface area contributed by atoms with E-state index in [0.29, 0.717) is 23.2 Å². The highest BCUT2D eigenvalue weighted by molar-refractivity contribution is 5.77. The minimum atomic E-state index is -0.432. The Labute approximate surface area is 103 Å². The number of non-ortho nitro benzene ring substituents is 1. The van der Waals surface area contributed by atoms with Gasteiger partial charge in [-0.15, -0.1) is 0 Å². The number of hydrogen-bond donors (Lipinski definition) is 1. The second kappa shape index (κ2) is 4.29. The van der Waals surface area contributed by atoms with Gasteiger partial charge < -0.3 is 9.73 Å². The second-order valence-corrected chi connectivity index (χ2v) is 4.55. The molecule has 6 heteroatoms. The van der Waals surface area contributed by atoms with Crippen LogP contribution in [0.4, 0.5) is 11.7 Å². The third-order valence-electron chi connectivity index (χ3n) is 3.26. The van der Waals surface area contributed by atoms with Crippen LogP contribution in [-0.2, 0) is 0 Å². The number of aromatic nitrogens is 1. The van der Waals surface area contributed by atoms with Crippen molar-refractivity contribution in [3.8, 4) is 0 Å². The van der Waals surface area contributed by atoms with Gasteiger partial charge in [-0.25, -0.2) is 0 Å². The number of nitro benzene ring substituents is 1. The number of anilines is 1. The fourth-order valence-electron chi connectivity index (χ4n) is 2.34. The van der Waals surface area contributed by atoms with Crippen LogP contribution >= 0.6 is 0 Å². The maximum absolute atomic E-state index is 10.7. The van der Waals surface area contributed by atoms with E-state index in [1.807, 2.05) is 0 Å². The minimum absolute atomic E-state index is 0.0308. The third-order valence-corrected chi connectivity index (χ3v) is 3.26. The first-order chi connectivity index (χ1) is 8.72. The molecule has 0 amide bonds. The molecule has 0 unspecified atom stereocenters. The summed E-state index contributed by atoms with van der Waals surface area (Å²) in [5, 5.41) is 13.9. The van der Waals surface area contributed by atoms with E-state index >= 15 is 0 Å². The maximum atomic E-state index is 10.7. The van der Waals surface area contributed by atoms with Gasteiger partial charge in [0.1, 0.15) is 5.52 Å². The zero-order valence-electron chi connectivity index (χ0n) is 9.76. The molecule has 3 rings (SSSR count). The van der Waals surface area contributed by atoms with Gasteiger partial charge in [0.05, 0.1) is 4.92 Å². The summed E-state index contributed by atoms with van der Waals surface area (Å²) in [6, 6.07) is 5.30. The highest BCUT2D eigenvalue weighted by atomic mass is 16.6. The Bertz CT molecular complexity index is 587. The van der Waals surface area contributed by atoms with Crippen LogP contribution < -0.4 is 5.32 Å². The molecule has 0 radical (unpaired) electrons. The predicted molar refractivity (Wildman–Crippen MR) is 66.5 cm³/mol. The van der Waals surface area contributed by atoms with E-state index in [9.17, 15) is 10.1 Å². The number of nitro groups is 1. The van der Waals surface area contributed by atoms with Gasteiger partial charge in [0, 0.05) is 18.2 Å². The lowest BCUT2D eigenvalue weighted by atomic mass is 10.3. The van der Waals surface area contributed by atoms with E-state index in [-0.39, 0.29) is 5.69 Å². The molecule has 1 aliphatic carbocycles. The topological polar surface area (TPSA) is 81.2 Å². The standard InChI is InChI=1S/C12H13N3O3/c16-15(17)9-5-6-11-10(7-9)14-12(18-11)13-8-3-1-2-4-8/h5-8H,1-4H2,(H,13,14). The van der Waals surface area contributed by atoms with Crippen molar-refractivity contribution in [2.75, 3.05) is 5.32 Å². The Kier molecular flexibility index (Phi) is 2.62. The van der Waals surface area contributed by atoms with E-state index in [2.05, 4.69) is 10.3 Å². The van der Waals surface area contributed by atoms with E-state index in [1.165, 1.54) is 25.0 Å². The van der Waals surface area contributed by atoms with Crippen molar-refractivity contribution in [2.24, 2.45) is 0 Å². The summed E-state index contributed by atoms with van der Waals surface area (Å²) >= 11 is 0. The molecule has 0 spiro atoms. The monoisotopic (exact) mass is 247 g/mol. The summed E-state index contributed by atoms with van der Waals surface area (Å²) in [4.78, 5) is 14.5. The molecule has 1 saturated carbocycles. The molecule has 1 heterocycles. The number of nitrogens with zero attached hydrogens (tertiary/aromatic N) is 2. The van der Waals surface area contributed by atoms with Crippen molar-refractivity contribution in [1.29, 1.82) is 0 Å². The van der Waals surface area contributed by atoms with Crippen LogP contribution in [0.5, 0.6) is 0 Å². The van der Waals surface area contributed by atoms with Crippen LogP contribution in [0, 0.1) is 10.1 Å².